The number of para-hydroxylation sites is 1. The van der Waals surface area contributed by atoms with Crippen LogP contribution in [0.3, 0.4) is 0 Å². The lowest BCUT2D eigenvalue weighted by Gasteiger charge is -2.18. The van der Waals surface area contributed by atoms with Gasteiger partial charge in [0.25, 0.3) is 0 Å². The van der Waals surface area contributed by atoms with Crippen LogP contribution in [0.2, 0.25) is 0 Å². The highest BCUT2D eigenvalue weighted by molar-refractivity contribution is 5.79. The van der Waals surface area contributed by atoms with Crippen molar-refractivity contribution in [1.29, 1.82) is 0 Å². The highest BCUT2D eigenvalue weighted by Gasteiger charge is 2.34. The Balaban J connectivity index is 1.57. The van der Waals surface area contributed by atoms with Gasteiger partial charge in [-0.25, -0.2) is 0 Å². The second-order valence-corrected chi connectivity index (χ2v) is 6.40. The fourth-order valence-electron chi connectivity index (χ4n) is 2.92. The summed E-state index contributed by atoms with van der Waals surface area (Å²) in [6.45, 7) is 2.07. The van der Waals surface area contributed by atoms with Crippen LogP contribution in [0.1, 0.15) is 12.8 Å². The van der Waals surface area contributed by atoms with Gasteiger partial charge < -0.3 is 15.4 Å². The van der Waals surface area contributed by atoms with Crippen LogP contribution in [0.15, 0.2) is 35.3 Å². The van der Waals surface area contributed by atoms with Crippen molar-refractivity contribution in [2.45, 2.75) is 19.0 Å². The normalized spacial score (nSPS) is 18.8. The summed E-state index contributed by atoms with van der Waals surface area (Å²) in [5.41, 5.74) is 0. The molecule has 0 radical (unpaired) electrons. The second kappa shape index (κ2) is 10.3. The fraction of sp³-hybridized carbons (Fsp3) is 0.611. The number of nitrogens with zero attached hydrogens (tertiary/aromatic N) is 2. The molecule has 1 aliphatic heterocycles. The van der Waals surface area contributed by atoms with Crippen molar-refractivity contribution in [3.05, 3.63) is 30.3 Å². The molecule has 146 valence electrons. The number of aliphatic imine (C=N–C) groups is 1. The Hall–Kier alpha value is -1.96. The van der Waals surface area contributed by atoms with E-state index >= 15 is 0 Å². The first-order chi connectivity index (χ1) is 12.5. The quantitative estimate of drug-likeness (QED) is 0.418. The molecule has 1 unspecified atom stereocenters. The molecule has 2 rings (SSSR count). The molecule has 1 saturated heterocycles. The SMILES string of the molecule is CN=C(NCCCOc1ccccc1)NCC1CCN(CC(F)(F)F)C1. The molecule has 1 aliphatic rings. The van der Waals surface area contributed by atoms with Gasteiger partial charge in [0.1, 0.15) is 5.75 Å². The molecule has 26 heavy (non-hydrogen) atoms. The smallest absolute Gasteiger partial charge is 0.401 e. The molecule has 8 heteroatoms. The molecule has 1 aromatic rings. The van der Waals surface area contributed by atoms with Gasteiger partial charge in [0.2, 0.25) is 0 Å². The highest BCUT2D eigenvalue weighted by atomic mass is 19.4. The summed E-state index contributed by atoms with van der Waals surface area (Å²) >= 11 is 0. The molecule has 0 bridgehead atoms. The van der Waals surface area contributed by atoms with Crippen LogP contribution in [0.4, 0.5) is 13.2 Å². The second-order valence-electron chi connectivity index (χ2n) is 6.40. The zero-order valence-corrected chi connectivity index (χ0v) is 15.1. The Kier molecular flexibility index (Phi) is 8.03. The predicted molar refractivity (Wildman–Crippen MR) is 96.5 cm³/mol. The molecule has 0 amide bonds. The maximum atomic E-state index is 12.4. The Morgan fingerprint density at radius 3 is 2.73 bits per heavy atom. The first-order valence-corrected chi connectivity index (χ1v) is 8.88. The van der Waals surface area contributed by atoms with E-state index in [2.05, 4.69) is 15.6 Å². The minimum absolute atomic E-state index is 0.206. The number of ether oxygens (including phenoxy) is 1. The van der Waals surface area contributed by atoms with E-state index in [-0.39, 0.29) is 5.92 Å². The van der Waals surface area contributed by atoms with Crippen LogP contribution in [0.5, 0.6) is 5.75 Å². The van der Waals surface area contributed by atoms with Crippen molar-refractivity contribution in [2.24, 2.45) is 10.9 Å². The average Bonchev–Trinajstić information content (AvgIpc) is 3.03. The first kappa shape index (κ1) is 20.4. The van der Waals surface area contributed by atoms with Gasteiger partial charge in [0.05, 0.1) is 13.2 Å². The topological polar surface area (TPSA) is 48.9 Å². The van der Waals surface area contributed by atoms with E-state index in [1.54, 1.807) is 7.05 Å². The maximum absolute atomic E-state index is 12.4. The number of hydrogen-bond acceptors (Lipinski definition) is 3. The number of halogens is 3. The Morgan fingerprint density at radius 2 is 2.04 bits per heavy atom. The molecule has 2 N–H and O–H groups in total. The summed E-state index contributed by atoms with van der Waals surface area (Å²) in [4.78, 5) is 5.61. The van der Waals surface area contributed by atoms with Crippen LogP contribution in [0.25, 0.3) is 0 Å². The third-order valence-corrected chi connectivity index (χ3v) is 4.18. The molecule has 1 atom stereocenters. The van der Waals surface area contributed by atoms with Crippen molar-refractivity contribution < 1.29 is 17.9 Å². The lowest BCUT2D eigenvalue weighted by molar-refractivity contribution is -0.143. The van der Waals surface area contributed by atoms with Gasteiger partial charge in [-0.15, -0.1) is 0 Å². The van der Waals surface area contributed by atoms with E-state index in [0.29, 0.717) is 38.7 Å². The zero-order chi connectivity index (χ0) is 18.8. The predicted octanol–water partition coefficient (Wildman–Crippen LogP) is 2.50. The molecule has 0 saturated carbocycles. The molecule has 0 aliphatic carbocycles. The van der Waals surface area contributed by atoms with Crippen LogP contribution in [-0.2, 0) is 0 Å². The van der Waals surface area contributed by atoms with Crippen LogP contribution in [0, 0.1) is 5.92 Å². The van der Waals surface area contributed by atoms with E-state index in [0.717, 1.165) is 18.6 Å². The van der Waals surface area contributed by atoms with Gasteiger partial charge in [0.15, 0.2) is 5.96 Å². The number of rotatable bonds is 8. The van der Waals surface area contributed by atoms with Gasteiger partial charge in [-0.1, -0.05) is 18.2 Å². The zero-order valence-electron chi connectivity index (χ0n) is 15.1. The third-order valence-electron chi connectivity index (χ3n) is 4.18. The number of hydrogen-bond donors (Lipinski definition) is 2. The lowest BCUT2D eigenvalue weighted by Crippen LogP contribution is -2.41. The van der Waals surface area contributed by atoms with Crippen molar-refractivity contribution in [3.63, 3.8) is 0 Å². The monoisotopic (exact) mass is 372 g/mol. The van der Waals surface area contributed by atoms with Gasteiger partial charge in [-0.05, 0) is 37.4 Å². The molecule has 0 spiro atoms. The molecule has 5 nitrogen and oxygen atoms in total. The summed E-state index contributed by atoms with van der Waals surface area (Å²) in [7, 11) is 1.68. The maximum Gasteiger partial charge on any atom is 0.401 e. The minimum atomic E-state index is -4.12. The van der Waals surface area contributed by atoms with E-state index in [4.69, 9.17) is 4.74 Å². The molecule has 1 fully saturated rings. The number of alkyl halides is 3. The molecule has 1 heterocycles. The fourth-order valence-corrected chi connectivity index (χ4v) is 2.92. The molecule has 1 aromatic carbocycles. The standard InChI is InChI=1S/C18H27F3N4O/c1-22-17(23-9-5-11-26-16-6-3-2-4-7-16)24-12-15-8-10-25(13-15)14-18(19,20)21/h2-4,6-7,15H,5,8-14H2,1H3,(H2,22,23,24). The largest absolute Gasteiger partial charge is 0.494 e. The van der Waals surface area contributed by atoms with E-state index in [1.165, 1.54) is 4.90 Å². The third kappa shape index (κ3) is 7.95. The summed E-state index contributed by atoms with van der Waals surface area (Å²) in [5, 5.41) is 6.39. The highest BCUT2D eigenvalue weighted by Crippen LogP contribution is 2.22. The molecular formula is C18H27F3N4O. The molecular weight excluding hydrogens is 345 g/mol. The summed E-state index contributed by atoms with van der Waals surface area (Å²) in [6, 6.07) is 9.63. The lowest BCUT2D eigenvalue weighted by atomic mass is 10.1. The van der Waals surface area contributed by atoms with E-state index < -0.39 is 12.7 Å². The van der Waals surface area contributed by atoms with Crippen molar-refractivity contribution in [3.8, 4) is 5.75 Å². The number of guanidine groups is 1. The van der Waals surface area contributed by atoms with Crippen molar-refractivity contribution in [2.75, 3.05) is 46.4 Å². The molecule has 0 aromatic heterocycles. The Morgan fingerprint density at radius 1 is 1.27 bits per heavy atom. The van der Waals surface area contributed by atoms with Gasteiger partial charge in [-0.2, -0.15) is 13.2 Å². The number of nitrogens with one attached hydrogen (secondary N) is 2. The Bertz CT molecular complexity index is 551. The Labute approximate surface area is 152 Å². The summed E-state index contributed by atoms with van der Waals surface area (Å²) < 4.78 is 42.9. The van der Waals surface area contributed by atoms with Crippen molar-refractivity contribution in [1.82, 2.24) is 15.5 Å². The van der Waals surface area contributed by atoms with Gasteiger partial charge >= 0.3 is 6.18 Å². The summed E-state index contributed by atoms with van der Waals surface area (Å²) in [6.07, 6.45) is -2.54. The van der Waals surface area contributed by atoms with Crippen LogP contribution in [-0.4, -0.2) is 63.4 Å². The van der Waals surface area contributed by atoms with Gasteiger partial charge in [-0.3, -0.25) is 9.89 Å². The average molecular weight is 372 g/mol. The number of likely N-dealkylation sites (tertiary alicyclic amines) is 1. The van der Waals surface area contributed by atoms with Crippen LogP contribution < -0.4 is 15.4 Å². The van der Waals surface area contributed by atoms with E-state index in [9.17, 15) is 13.2 Å². The summed E-state index contributed by atoms with van der Waals surface area (Å²) in [5.74, 6) is 1.72. The number of benzene rings is 1. The van der Waals surface area contributed by atoms with E-state index in [1.807, 2.05) is 30.3 Å². The minimum Gasteiger partial charge on any atom is -0.494 e. The van der Waals surface area contributed by atoms with Crippen molar-refractivity contribution >= 4 is 5.96 Å². The first-order valence-electron chi connectivity index (χ1n) is 8.88. The van der Waals surface area contributed by atoms with Gasteiger partial charge in [0, 0.05) is 26.7 Å². The van der Waals surface area contributed by atoms with Crippen LogP contribution >= 0.6 is 0 Å².